The molecule has 1 aromatic heterocycles. The maximum absolute atomic E-state index is 11.8. The van der Waals surface area contributed by atoms with Crippen LogP contribution in [0.15, 0.2) is 4.90 Å². The fourth-order valence-corrected chi connectivity index (χ4v) is 2.94. The highest BCUT2D eigenvalue weighted by Gasteiger charge is 2.33. The second-order valence-electron chi connectivity index (χ2n) is 4.11. The largest absolute Gasteiger partial charge is 0.461 e. The molecule has 0 atom stereocenters. The van der Waals surface area contributed by atoms with E-state index in [-0.39, 0.29) is 5.97 Å². The number of aromatic nitrogens is 2. The molecule has 17 heavy (non-hydrogen) atoms. The number of nitrogens with zero attached hydrogens (tertiary/aromatic N) is 2. The number of hydrogen-bond donors (Lipinski definition) is 0. The smallest absolute Gasteiger partial charge is 0.360 e. The maximum Gasteiger partial charge on any atom is 0.360 e. The number of esters is 1. The predicted molar refractivity (Wildman–Crippen MR) is 67.5 cm³/mol. The molecule has 0 amide bonds. The van der Waals surface area contributed by atoms with E-state index in [1.54, 1.807) is 11.8 Å². The van der Waals surface area contributed by atoms with Crippen LogP contribution in [0.4, 0.5) is 0 Å². The highest BCUT2D eigenvalue weighted by Crippen LogP contribution is 2.45. The Labute approximate surface area is 106 Å². The third kappa shape index (κ3) is 2.49. The van der Waals surface area contributed by atoms with Gasteiger partial charge < -0.3 is 4.74 Å². The molecule has 0 radical (unpaired) electrons. The van der Waals surface area contributed by atoms with Crippen molar-refractivity contribution in [1.29, 1.82) is 0 Å². The Morgan fingerprint density at radius 1 is 1.53 bits per heavy atom. The minimum atomic E-state index is -0.300. The second-order valence-corrected chi connectivity index (χ2v) is 5.39. The first-order valence-corrected chi connectivity index (χ1v) is 7.04. The zero-order chi connectivity index (χ0) is 12.4. The quantitative estimate of drug-likeness (QED) is 0.598. The van der Waals surface area contributed by atoms with Crippen LogP contribution < -0.4 is 0 Å². The first kappa shape index (κ1) is 12.5. The first-order valence-electron chi connectivity index (χ1n) is 6.05. The van der Waals surface area contributed by atoms with Gasteiger partial charge in [0.2, 0.25) is 0 Å². The number of ether oxygens (including phenoxy) is 1. The molecular weight excluding hydrogens is 236 g/mol. The van der Waals surface area contributed by atoms with Crippen LogP contribution in [0.1, 0.15) is 48.8 Å². The van der Waals surface area contributed by atoms with E-state index in [4.69, 9.17) is 4.74 Å². The average Bonchev–Trinajstić information content (AvgIpc) is 3.06. The summed E-state index contributed by atoms with van der Waals surface area (Å²) in [5.41, 5.74) is 1.70. The normalized spacial score (nSPS) is 15.0. The predicted octanol–water partition coefficient (Wildman–Crippen LogP) is 2.59. The lowest BCUT2D eigenvalue weighted by molar-refractivity contribution is 0.0514. The molecule has 5 heteroatoms. The topological polar surface area (TPSA) is 44.1 Å². The zero-order valence-electron chi connectivity index (χ0n) is 10.5. The van der Waals surface area contributed by atoms with Crippen LogP contribution in [0.2, 0.25) is 0 Å². The number of carbonyl (C=O) groups is 1. The van der Waals surface area contributed by atoms with Crippen LogP contribution in [0.25, 0.3) is 0 Å². The number of aryl methyl sites for hydroxylation is 1. The summed E-state index contributed by atoms with van der Waals surface area (Å²) in [6.45, 7) is 4.29. The highest BCUT2D eigenvalue weighted by atomic mass is 32.2. The molecule has 1 aliphatic rings. The molecule has 1 saturated carbocycles. The number of rotatable bonds is 5. The summed E-state index contributed by atoms with van der Waals surface area (Å²) in [5.74, 6) is 1.23. The summed E-state index contributed by atoms with van der Waals surface area (Å²) < 4.78 is 6.90. The van der Waals surface area contributed by atoms with Gasteiger partial charge in [-0.1, -0.05) is 6.92 Å². The Balaban J connectivity index is 2.36. The van der Waals surface area contributed by atoms with E-state index in [9.17, 15) is 4.79 Å². The van der Waals surface area contributed by atoms with Gasteiger partial charge in [0.25, 0.3) is 0 Å². The van der Waals surface area contributed by atoms with Gasteiger partial charge in [-0.3, -0.25) is 4.68 Å². The van der Waals surface area contributed by atoms with Crippen molar-refractivity contribution in [2.24, 2.45) is 7.05 Å². The van der Waals surface area contributed by atoms with E-state index in [1.807, 2.05) is 18.7 Å². The van der Waals surface area contributed by atoms with Crippen molar-refractivity contribution in [3.8, 4) is 0 Å². The van der Waals surface area contributed by atoms with Gasteiger partial charge in [-0.05, 0) is 25.5 Å². The van der Waals surface area contributed by atoms with Gasteiger partial charge in [0.15, 0.2) is 5.69 Å². The first-order chi connectivity index (χ1) is 8.19. The molecule has 0 saturated heterocycles. The van der Waals surface area contributed by atoms with Crippen molar-refractivity contribution in [2.45, 2.75) is 37.5 Å². The van der Waals surface area contributed by atoms with Crippen molar-refractivity contribution in [3.05, 3.63) is 11.4 Å². The molecule has 94 valence electrons. The van der Waals surface area contributed by atoms with Gasteiger partial charge in [-0.25, -0.2) is 4.79 Å². The molecule has 4 nitrogen and oxygen atoms in total. The minimum Gasteiger partial charge on any atom is -0.461 e. The maximum atomic E-state index is 11.8. The van der Waals surface area contributed by atoms with Gasteiger partial charge in [0.05, 0.1) is 17.2 Å². The van der Waals surface area contributed by atoms with E-state index in [0.29, 0.717) is 18.2 Å². The fraction of sp³-hybridized carbons (Fsp3) is 0.667. The van der Waals surface area contributed by atoms with Crippen LogP contribution in [0.3, 0.4) is 0 Å². The van der Waals surface area contributed by atoms with Crippen molar-refractivity contribution >= 4 is 17.7 Å². The highest BCUT2D eigenvalue weighted by molar-refractivity contribution is 7.99. The summed E-state index contributed by atoms with van der Waals surface area (Å²) in [6.07, 6.45) is 2.41. The molecule has 1 heterocycles. The molecule has 1 fully saturated rings. The van der Waals surface area contributed by atoms with Gasteiger partial charge in [0.1, 0.15) is 0 Å². The van der Waals surface area contributed by atoms with E-state index in [1.165, 1.54) is 18.5 Å². The Morgan fingerprint density at radius 2 is 2.24 bits per heavy atom. The number of hydrogen-bond acceptors (Lipinski definition) is 4. The molecule has 0 spiro atoms. The Hall–Kier alpha value is -0.970. The van der Waals surface area contributed by atoms with Crippen LogP contribution in [-0.2, 0) is 11.8 Å². The van der Waals surface area contributed by atoms with Crippen molar-refractivity contribution in [3.63, 3.8) is 0 Å². The Kier molecular flexibility index (Phi) is 3.76. The lowest BCUT2D eigenvalue weighted by Gasteiger charge is -2.04. The summed E-state index contributed by atoms with van der Waals surface area (Å²) in [6, 6.07) is 0. The Bertz CT molecular complexity index is 424. The van der Waals surface area contributed by atoms with E-state index >= 15 is 0 Å². The van der Waals surface area contributed by atoms with Gasteiger partial charge in [-0.2, -0.15) is 5.10 Å². The molecule has 2 rings (SSSR count). The standard InChI is InChI=1S/C12H18N2O2S/c1-4-16-12(15)9-11(17-5-2)10(8-6-7-8)14(3)13-9/h8H,4-7H2,1-3H3. The lowest BCUT2D eigenvalue weighted by atomic mass is 10.2. The molecule has 0 unspecified atom stereocenters. The van der Waals surface area contributed by atoms with Crippen molar-refractivity contribution < 1.29 is 9.53 Å². The number of carbonyl (C=O) groups excluding carboxylic acids is 1. The second kappa shape index (κ2) is 5.12. The van der Waals surface area contributed by atoms with Crippen molar-refractivity contribution in [2.75, 3.05) is 12.4 Å². The van der Waals surface area contributed by atoms with Crippen LogP contribution in [-0.4, -0.2) is 28.1 Å². The molecule has 1 aromatic rings. The molecule has 1 aliphatic carbocycles. The van der Waals surface area contributed by atoms with Crippen LogP contribution >= 0.6 is 11.8 Å². The van der Waals surface area contributed by atoms with Gasteiger partial charge in [0, 0.05) is 13.0 Å². The summed E-state index contributed by atoms with van der Waals surface area (Å²) in [4.78, 5) is 12.9. The van der Waals surface area contributed by atoms with E-state index < -0.39 is 0 Å². The minimum absolute atomic E-state index is 0.300. The molecular formula is C12H18N2O2S. The monoisotopic (exact) mass is 254 g/mol. The third-order valence-corrected chi connectivity index (χ3v) is 3.75. The zero-order valence-corrected chi connectivity index (χ0v) is 11.3. The lowest BCUT2D eigenvalue weighted by Crippen LogP contribution is -2.07. The average molecular weight is 254 g/mol. The summed E-state index contributed by atoms with van der Waals surface area (Å²) in [7, 11) is 1.91. The van der Waals surface area contributed by atoms with Crippen LogP contribution in [0, 0.1) is 0 Å². The summed E-state index contributed by atoms with van der Waals surface area (Å²) >= 11 is 1.69. The van der Waals surface area contributed by atoms with Crippen LogP contribution in [0.5, 0.6) is 0 Å². The molecule has 0 aromatic carbocycles. The molecule has 0 aliphatic heterocycles. The van der Waals surface area contributed by atoms with E-state index in [2.05, 4.69) is 12.0 Å². The van der Waals surface area contributed by atoms with Gasteiger partial charge in [-0.15, -0.1) is 11.8 Å². The fourth-order valence-electron chi connectivity index (χ4n) is 1.94. The molecule has 0 N–H and O–H groups in total. The van der Waals surface area contributed by atoms with Crippen molar-refractivity contribution in [1.82, 2.24) is 9.78 Å². The number of thioether (sulfide) groups is 1. The summed E-state index contributed by atoms with van der Waals surface area (Å²) in [5, 5.41) is 4.33. The molecule has 0 bridgehead atoms. The SMILES string of the molecule is CCOC(=O)c1nn(C)c(C2CC2)c1SCC. The van der Waals surface area contributed by atoms with E-state index in [0.717, 1.165) is 10.6 Å². The Morgan fingerprint density at radius 3 is 2.76 bits per heavy atom. The van der Waals surface area contributed by atoms with Gasteiger partial charge >= 0.3 is 5.97 Å². The third-order valence-electron chi connectivity index (χ3n) is 2.77.